The van der Waals surface area contributed by atoms with Crippen LogP contribution < -0.4 is 4.74 Å². The van der Waals surface area contributed by atoms with Gasteiger partial charge in [-0.1, -0.05) is 39.8 Å². The average molecular weight is 250 g/mol. The first-order valence-electron chi connectivity index (χ1n) is 6.83. The minimum Gasteiger partial charge on any atom is -0.494 e. The van der Waals surface area contributed by atoms with E-state index in [1.54, 1.807) is 0 Å². The molecule has 1 rings (SSSR count). The van der Waals surface area contributed by atoms with Gasteiger partial charge in [0.05, 0.1) is 12.7 Å². The Morgan fingerprint density at radius 1 is 1.28 bits per heavy atom. The molecule has 0 aliphatic carbocycles. The lowest BCUT2D eigenvalue weighted by Crippen LogP contribution is -2.08. The zero-order valence-corrected chi connectivity index (χ0v) is 12.1. The summed E-state index contributed by atoms with van der Waals surface area (Å²) >= 11 is 0. The Bertz CT molecular complexity index is 352. The SMILES string of the molecule is CCCOc1cccc(C(O)CCC(C)(C)C)c1. The summed E-state index contributed by atoms with van der Waals surface area (Å²) in [6.45, 7) is 9.39. The number of ether oxygens (including phenoxy) is 1. The van der Waals surface area contributed by atoms with Crippen molar-refractivity contribution in [3.8, 4) is 5.75 Å². The lowest BCUT2D eigenvalue weighted by molar-refractivity contribution is 0.147. The van der Waals surface area contributed by atoms with E-state index >= 15 is 0 Å². The fraction of sp³-hybridized carbons (Fsp3) is 0.625. The van der Waals surface area contributed by atoms with Crippen molar-refractivity contribution in [3.63, 3.8) is 0 Å². The van der Waals surface area contributed by atoms with Gasteiger partial charge in [0.15, 0.2) is 0 Å². The van der Waals surface area contributed by atoms with Crippen molar-refractivity contribution in [2.75, 3.05) is 6.61 Å². The molecule has 2 nitrogen and oxygen atoms in total. The van der Waals surface area contributed by atoms with Crippen LogP contribution in [0.3, 0.4) is 0 Å². The second kappa shape index (κ2) is 6.79. The van der Waals surface area contributed by atoms with Crippen LogP contribution in [0, 0.1) is 5.41 Å². The average Bonchev–Trinajstić information content (AvgIpc) is 2.33. The minimum atomic E-state index is -0.394. The summed E-state index contributed by atoms with van der Waals surface area (Å²) in [5.41, 5.74) is 1.21. The predicted molar refractivity (Wildman–Crippen MR) is 75.9 cm³/mol. The molecule has 102 valence electrons. The summed E-state index contributed by atoms with van der Waals surface area (Å²) in [4.78, 5) is 0. The lowest BCUT2D eigenvalue weighted by Gasteiger charge is -2.20. The summed E-state index contributed by atoms with van der Waals surface area (Å²) in [7, 11) is 0. The molecule has 0 bridgehead atoms. The molecule has 0 heterocycles. The van der Waals surface area contributed by atoms with E-state index in [1.165, 1.54) is 0 Å². The molecular formula is C16H26O2. The van der Waals surface area contributed by atoms with Crippen molar-refractivity contribution in [2.24, 2.45) is 5.41 Å². The van der Waals surface area contributed by atoms with Gasteiger partial charge in [0, 0.05) is 0 Å². The zero-order chi connectivity index (χ0) is 13.6. The highest BCUT2D eigenvalue weighted by Crippen LogP contribution is 2.28. The van der Waals surface area contributed by atoms with Crippen molar-refractivity contribution in [3.05, 3.63) is 29.8 Å². The third-order valence-electron chi connectivity index (χ3n) is 2.88. The zero-order valence-electron chi connectivity index (χ0n) is 12.1. The molecule has 1 atom stereocenters. The molecule has 0 saturated heterocycles. The van der Waals surface area contributed by atoms with E-state index in [-0.39, 0.29) is 5.41 Å². The van der Waals surface area contributed by atoms with Gasteiger partial charge in [-0.25, -0.2) is 0 Å². The summed E-state index contributed by atoms with van der Waals surface area (Å²) in [6.07, 6.45) is 2.40. The van der Waals surface area contributed by atoms with E-state index in [1.807, 2.05) is 24.3 Å². The van der Waals surface area contributed by atoms with Gasteiger partial charge >= 0.3 is 0 Å². The summed E-state index contributed by atoms with van der Waals surface area (Å²) < 4.78 is 5.58. The van der Waals surface area contributed by atoms with Crippen LogP contribution >= 0.6 is 0 Å². The molecule has 2 heteroatoms. The number of rotatable bonds is 6. The number of benzene rings is 1. The third kappa shape index (κ3) is 5.54. The van der Waals surface area contributed by atoms with Crippen molar-refractivity contribution < 1.29 is 9.84 Å². The summed E-state index contributed by atoms with van der Waals surface area (Å²) in [5, 5.41) is 10.2. The molecule has 0 aliphatic rings. The highest BCUT2D eigenvalue weighted by atomic mass is 16.5. The van der Waals surface area contributed by atoms with Crippen LogP contribution in [0.25, 0.3) is 0 Å². The maximum absolute atomic E-state index is 10.2. The monoisotopic (exact) mass is 250 g/mol. The first kappa shape index (κ1) is 15.0. The number of aliphatic hydroxyl groups excluding tert-OH is 1. The first-order chi connectivity index (χ1) is 8.42. The predicted octanol–water partition coefficient (Wildman–Crippen LogP) is 4.34. The second-order valence-corrected chi connectivity index (χ2v) is 6.04. The Morgan fingerprint density at radius 3 is 2.61 bits per heavy atom. The number of hydrogen-bond donors (Lipinski definition) is 1. The Kier molecular flexibility index (Phi) is 5.67. The van der Waals surface area contributed by atoms with Gasteiger partial charge in [-0.05, 0) is 42.4 Å². The summed E-state index contributed by atoms with van der Waals surface area (Å²) in [5.74, 6) is 0.851. The number of hydrogen-bond acceptors (Lipinski definition) is 2. The fourth-order valence-electron chi connectivity index (χ4n) is 1.77. The molecule has 1 aromatic rings. The van der Waals surface area contributed by atoms with Gasteiger partial charge in [-0.2, -0.15) is 0 Å². The molecule has 0 saturated carbocycles. The standard InChI is InChI=1S/C16H26O2/c1-5-11-18-14-8-6-7-13(12-14)15(17)9-10-16(2,3)4/h6-8,12,15,17H,5,9-11H2,1-4H3. The van der Waals surface area contributed by atoms with E-state index in [2.05, 4.69) is 27.7 Å². The van der Waals surface area contributed by atoms with Crippen LogP contribution in [0.1, 0.15) is 58.6 Å². The van der Waals surface area contributed by atoms with Gasteiger partial charge in [-0.3, -0.25) is 0 Å². The molecule has 1 N–H and O–H groups in total. The Morgan fingerprint density at radius 2 is 2.00 bits per heavy atom. The normalized spacial score (nSPS) is 13.4. The maximum atomic E-state index is 10.2. The van der Waals surface area contributed by atoms with Gasteiger partial charge < -0.3 is 9.84 Å². The molecule has 0 radical (unpaired) electrons. The molecular weight excluding hydrogens is 224 g/mol. The van der Waals surface area contributed by atoms with E-state index in [0.29, 0.717) is 0 Å². The Balaban J connectivity index is 2.59. The lowest BCUT2D eigenvalue weighted by atomic mass is 9.88. The van der Waals surface area contributed by atoms with Gasteiger partial charge in [-0.15, -0.1) is 0 Å². The van der Waals surface area contributed by atoms with E-state index in [4.69, 9.17) is 4.74 Å². The van der Waals surface area contributed by atoms with Crippen molar-refractivity contribution in [2.45, 2.75) is 53.1 Å². The molecule has 1 unspecified atom stereocenters. The van der Waals surface area contributed by atoms with Crippen molar-refractivity contribution >= 4 is 0 Å². The largest absolute Gasteiger partial charge is 0.494 e. The van der Waals surface area contributed by atoms with Crippen LogP contribution in [0.5, 0.6) is 5.75 Å². The third-order valence-corrected chi connectivity index (χ3v) is 2.88. The number of aliphatic hydroxyl groups is 1. The second-order valence-electron chi connectivity index (χ2n) is 6.04. The van der Waals surface area contributed by atoms with Gasteiger partial charge in [0.1, 0.15) is 5.75 Å². The smallest absolute Gasteiger partial charge is 0.119 e. The Labute approximate surface area is 111 Å². The molecule has 0 fully saturated rings. The molecule has 0 aliphatic heterocycles. The van der Waals surface area contributed by atoms with Gasteiger partial charge in [0.25, 0.3) is 0 Å². The van der Waals surface area contributed by atoms with Crippen LogP contribution in [0.4, 0.5) is 0 Å². The maximum Gasteiger partial charge on any atom is 0.119 e. The minimum absolute atomic E-state index is 0.261. The highest BCUT2D eigenvalue weighted by Gasteiger charge is 2.15. The van der Waals surface area contributed by atoms with Crippen LogP contribution in [-0.4, -0.2) is 11.7 Å². The molecule has 0 aromatic heterocycles. The first-order valence-corrected chi connectivity index (χ1v) is 6.83. The van der Waals surface area contributed by atoms with Crippen LogP contribution in [0.2, 0.25) is 0 Å². The highest BCUT2D eigenvalue weighted by molar-refractivity contribution is 5.29. The van der Waals surface area contributed by atoms with Crippen LogP contribution in [-0.2, 0) is 0 Å². The van der Waals surface area contributed by atoms with E-state index < -0.39 is 6.10 Å². The van der Waals surface area contributed by atoms with E-state index in [0.717, 1.165) is 37.2 Å². The van der Waals surface area contributed by atoms with Crippen LogP contribution in [0.15, 0.2) is 24.3 Å². The topological polar surface area (TPSA) is 29.5 Å². The van der Waals surface area contributed by atoms with E-state index in [9.17, 15) is 5.11 Å². The molecule has 0 spiro atoms. The quantitative estimate of drug-likeness (QED) is 0.814. The summed E-state index contributed by atoms with van der Waals surface area (Å²) in [6, 6.07) is 7.80. The van der Waals surface area contributed by atoms with Crippen molar-refractivity contribution in [1.82, 2.24) is 0 Å². The Hall–Kier alpha value is -1.02. The molecule has 1 aromatic carbocycles. The molecule has 18 heavy (non-hydrogen) atoms. The van der Waals surface area contributed by atoms with Crippen molar-refractivity contribution in [1.29, 1.82) is 0 Å². The fourth-order valence-corrected chi connectivity index (χ4v) is 1.77. The molecule has 0 amide bonds. The van der Waals surface area contributed by atoms with Gasteiger partial charge in [0.2, 0.25) is 0 Å².